The molecule has 3 heterocycles. The summed E-state index contributed by atoms with van der Waals surface area (Å²) in [7, 11) is 0. The predicted molar refractivity (Wildman–Crippen MR) is 85.8 cm³/mol. The molecule has 0 aromatic carbocycles. The number of hydrogen-bond donors (Lipinski definition) is 1. The van der Waals surface area contributed by atoms with Gasteiger partial charge in [0.2, 0.25) is 0 Å². The van der Waals surface area contributed by atoms with Crippen LogP contribution in [0, 0.1) is 11.3 Å². The van der Waals surface area contributed by atoms with Crippen LogP contribution in [-0.4, -0.2) is 44.8 Å². The first-order valence-corrected chi connectivity index (χ1v) is 7.81. The molecular formula is C16H16N4O6. The second kappa shape index (κ2) is 6.61. The summed E-state index contributed by atoms with van der Waals surface area (Å²) in [4.78, 5) is 41.5. The van der Waals surface area contributed by atoms with Crippen LogP contribution in [0.5, 0.6) is 0 Å². The van der Waals surface area contributed by atoms with Crippen molar-refractivity contribution in [3.05, 3.63) is 28.4 Å². The summed E-state index contributed by atoms with van der Waals surface area (Å²) < 4.78 is 17.8. The van der Waals surface area contributed by atoms with Crippen LogP contribution in [0.1, 0.15) is 32.6 Å². The van der Waals surface area contributed by atoms with E-state index in [0.717, 1.165) is 0 Å². The molecule has 136 valence electrons. The zero-order chi connectivity index (χ0) is 19.0. The van der Waals surface area contributed by atoms with Gasteiger partial charge in [0.1, 0.15) is 11.5 Å². The number of aromatic nitrogens is 3. The summed E-state index contributed by atoms with van der Waals surface area (Å²) in [6.07, 6.45) is -0.710. The molecule has 10 heteroatoms. The van der Waals surface area contributed by atoms with Crippen molar-refractivity contribution in [2.24, 2.45) is 0 Å². The highest BCUT2D eigenvalue weighted by atomic mass is 16.6. The fraction of sp³-hybridized carbons (Fsp3) is 0.438. The molecule has 0 amide bonds. The average molecular weight is 360 g/mol. The van der Waals surface area contributed by atoms with Crippen LogP contribution in [0.25, 0.3) is 11.0 Å². The molecule has 3 rings (SSSR count). The molecule has 2 aromatic rings. The molecule has 1 saturated heterocycles. The standard InChI is InChI=1S/C16H16N4O6/c1-7-12(25-8(2)21)13(26-9(3)22)16(24-7)20-5-10(4-17)11-14(20)18-6-19-15(11)23/h5-7,12-13,16H,1-3H3,(H,18,19,23)/t7-,12-,13-,16-/m1/s1. The number of hydrogen-bond acceptors (Lipinski definition) is 8. The average Bonchev–Trinajstić information content (AvgIpc) is 3.07. The zero-order valence-electron chi connectivity index (χ0n) is 14.3. The van der Waals surface area contributed by atoms with E-state index < -0.39 is 42.0 Å². The second-order valence-electron chi connectivity index (χ2n) is 5.87. The molecule has 0 radical (unpaired) electrons. The smallest absolute Gasteiger partial charge is 0.303 e. The Morgan fingerprint density at radius 3 is 2.58 bits per heavy atom. The highest BCUT2D eigenvalue weighted by Gasteiger charge is 2.48. The van der Waals surface area contributed by atoms with Crippen molar-refractivity contribution in [2.45, 2.75) is 45.3 Å². The van der Waals surface area contributed by atoms with Crippen LogP contribution < -0.4 is 5.56 Å². The number of nitriles is 1. The number of esters is 2. The van der Waals surface area contributed by atoms with Crippen LogP contribution in [0.4, 0.5) is 0 Å². The van der Waals surface area contributed by atoms with Gasteiger partial charge in [-0.05, 0) is 6.92 Å². The number of carbonyl (C=O) groups excluding carboxylic acids is 2. The number of fused-ring (bicyclic) bond motifs is 1. The molecule has 0 spiro atoms. The molecule has 2 aromatic heterocycles. The molecule has 10 nitrogen and oxygen atoms in total. The maximum absolute atomic E-state index is 12.1. The van der Waals surface area contributed by atoms with Gasteiger partial charge in [-0.1, -0.05) is 0 Å². The molecule has 0 aliphatic carbocycles. The van der Waals surface area contributed by atoms with E-state index in [1.807, 2.05) is 6.07 Å². The quantitative estimate of drug-likeness (QED) is 0.776. The Bertz CT molecular complexity index is 971. The Morgan fingerprint density at radius 1 is 1.31 bits per heavy atom. The lowest BCUT2D eigenvalue weighted by atomic mass is 10.1. The number of nitrogens with one attached hydrogen (secondary N) is 1. The fourth-order valence-electron chi connectivity index (χ4n) is 3.07. The molecule has 1 fully saturated rings. The van der Waals surface area contributed by atoms with E-state index in [9.17, 15) is 19.6 Å². The zero-order valence-corrected chi connectivity index (χ0v) is 14.3. The van der Waals surface area contributed by atoms with E-state index >= 15 is 0 Å². The fourth-order valence-corrected chi connectivity index (χ4v) is 3.07. The molecule has 26 heavy (non-hydrogen) atoms. The minimum absolute atomic E-state index is 0.100. The SMILES string of the molecule is CC(=O)O[C@@H]1[C@H](OC(C)=O)[C@@H](C)O[C@H]1n1cc(C#N)c2c(=O)[nH]cnc21. The lowest BCUT2D eigenvalue weighted by Gasteiger charge is -2.23. The lowest BCUT2D eigenvalue weighted by Crippen LogP contribution is -2.38. The number of nitrogens with zero attached hydrogens (tertiary/aromatic N) is 3. The van der Waals surface area contributed by atoms with Gasteiger partial charge in [0.25, 0.3) is 5.56 Å². The van der Waals surface area contributed by atoms with Gasteiger partial charge < -0.3 is 23.8 Å². The first-order chi connectivity index (χ1) is 12.3. The maximum atomic E-state index is 12.1. The lowest BCUT2D eigenvalue weighted by molar-refractivity contribution is -0.165. The normalized spacial score (nSPS) is 25.0. The number of H-pyrrole nitrogens is 1. The topological polar surface area (TPSA) is 136 Å². The van der Waals surface area contributed by atoms with Crippen molar-refractivity contribution in [1.29, 1.82) is 5.26 Å². The number of ether oxygens (including phenoxy) is 3. The van der Waals surface area contributed by atoms with Crippen molar-refractivity contribution in [3.8, 4) is 6.07 Å². The Kier molecular flexibility index (Phi) is 4.48. The molecule has 0 unspecified atom stereocenters. The van der Waals surface area contributed by atoms with Crippen LogP contribution in [0.2, 0.25) is 0 Å². The summed E-state index contributed by atoms with van der Waals surface area (Å²) in [5, 5.41) is 9.41. The van der Waals surface area contributed by atoms with Crippen LogP contribution in [0.15, 0.2) is 17.3 Å². The van der Waals surface area contributed by atoms with Crippen LogP contribution in [-0.2, 0) is 23.8 Å². The van der Waals surface area contributed by atoms with E-state index in [0.29, 0.717) is 0 Å². The first-order valence-electron chi connectivity index (χ1n) is 7.81. The molecule has 1 aliphatic heterocycles. The van der Waals surface area contributed by atoms with Crippen LogP contribution >= 0.6 is 0 Å². The predicted octanol–water partition coefficient (Wildman–Crippen LogP) is 0.377. The van der Waals surface area contributed by atoms with Gasteiger partial charge >= 0.3 is 11.9 Å². The van der Waals surface area contributed by atoms with Crippen molar-refractivity contribution in [1.82, 2.24) is 14.5 Å². The monoisotopic (exact) mass is 360 g/mol. The molecule has 1 N–H and O–H groups in total. The van der Waals surface area contributed by atoms with E-state index in [1.165, 1.54) is 30.9 Å². The third-order valence-corrected chi connectivity index (χ3v) is 4.04. The Morgan fingerprint density at radius 2 is 1.96 bits per heavy atom. The number of rotatable bonds is 3. The molecule has 4 atom stereocenters. The Hall–Kier alpha value is -3.19. The first kappa shape index (κ1) is 17.6. The van der Waals surface area contributed by atoms with Crippen molar-refractivity contribution < 1.29 is 23.8 Å². The number of carbonyl (C=O) groups is 2. The summed E-state index contributed by atoms with van der Waals surface area (Å²) in [6.45, 7) is 4.13. The van der Waals surface area contributed by atoms with E-state index in [2.05, 4.69) is 9.97 Å². The van der Waals surface area contributed by atoms with Crippen molar-refractivity contribution in [3.63, 3.8) is 0 Å². The summed E-state index contributed by atoms with van der Waals surface area (Å²) in [5.74, 6) is -1.13. The van der Waals surface area contributed by atoms with Gasteiger partial charge in [0.15, 0.2) is 24.1 Å². The van der Waals surface area contributed by atoms with E-state index in [1.54, 1.807) is 6.92 Å². The van der Waals surface area contributed by atoms with E-state index in [4.69, 9.17) is 14.2 Å². The van der Waals surface area contributed by atoms with Gasteiger partial charge in [-0.2, -0.15) is 5.26 Å². The summed E-state index contributed by atoms with van der Waals surface area (Å²) in [6, 6.07) is 1.94. The van der Waals surface area contributed by atoms with E-state index in [-0.39, 0.29) is 16.6 Å². The molecular weight excluding hydrogens is 344 g/mol. The highest BCUT2D eigenvalue weighted by Crippen LogP contribution is 2.36. The highest BCUT2D eigenvalue weighted by molar-refractivity contribution is 5.82. The van der Waals surface area contributed by atoms with Crippen LogP contribution in [0.3, 0.4) is 0 Å². The van der Waals surface area contributed by atoms with Crippen molar-refractivity contribution in [2.75, 3.05) is 0 Å². The minimum atomic E-state index is -0.963. The maximum Gasteiger partial charge on any atom is 0.303 e. The van der Waals surface area contributed by atoms with Gasteiger partial charge in [0, 0.05) is 20.0 Å². The van der Waals surface area contributed by atoms with Gasteiger partial charge in [-0.3, -0.25) is 14.4 Å². The van der Waals surface area contributed by atoms with Crippen molar-refractivity contribution >= 4 is 23.0 Å². The Labute approximate surface area is 147 Å². The summed E-state index contributed by atoms with van der Waals surface area (Å²) >= 11 is 0. The summed E-state index contributed by atoms with van der Waals surface area (Å²) in [5.41, 5.74) is -0.178. The molecule has 0 bridgehead atoms. The second-order valence-corrected chi connectivity index (χ2v) is 5.87. The largest absolute Gasteiger partial charge is 0.456 e. The van der Waals surface area contributed by atoms with Gasteiger partial charge in [0.05, 0.1) is 18.0 Å². The minimum Gasteiger partial charge on any atom is -0.456 e. The van der Waals surface area contributed by atoms with Gasteiger partial charge in [-0.25, -0.2) is 4.98 Å². The van der Waals surface area contributed by atoms with Gasteiger partial charge in [-0.15, -0.1) is 0 Å². The third kappa shape index (κ3) is 2.93. The number of aromatic amines is 1. The molecule has 0 saturated carbocycles. The Balaban J connectivity index is 2.13. The molecule has 1 aliphatic rings. The third-order valence-electron chi connectivity index (χ3n) is 4.04.